The summed E-state index contributed by atoms with van der Waals surface area (Å²) in [7, 11) is 0. The molecule has 2 amide bonds. The fourth-order valence-electron chi connectivity index (χ4n) is 2.93. The standard InChI is InChI=1S/C23H14BrCl2NO3S/c24-18-11-14(5-10-20(18)30-13-15-3-1-2-4-19(15)26)12-21-22(28)27(23(29)31-21)17-8-6-16(25)7-9-17/h1-12H,13H2/b21-12+. The molecule has 0 bridgehead atoms. The number of ether oxygens (including phenoxy) is 1. The van der Waals surface area contributed by atoms with Gasteiger partial charge in [0.25, 0.3) is 11.1 Å². The van der Waals surface area contributed by atoms with Crippen molar-refractivity contribution in [3.8, 4) is 5.75 Å². The first kappa shape index (κ1) is 22.0. The monoisotopic (exact) mass is 533 g/mol. The summed E-state index contributed by atoms with van der Waals surface area (Å²) >= 11 is 16.5. The maximum absolute atomic E-state index is 12.8. The Morgan fingerprint density at radius 1 is 1.00 bits per heavy atom. The van der Waals surface area contributed by atoms with Crippen molar-refractivity contribution in [1.29, 1.82) is 0 Å². The first-order valence-corrected chi connectivity index (χ1v) is 11.5. The fraction of sp³-hybridized carbons (Fsp3) is 0.0435. The summed E-state index contributed by atoms with van der Waals surface area (Å²) in [6, 6.07) is 19.5. The predicted octanol–water partition coefficient (Wildman–Crippen LogP) is 7.58. The molecule has 0 N–H and O–H groups in total. The lowest BCUT2D eigenvalue weighted by Crippen LogP contribution is -2.27. The maximum Gasteiger partial charge on any atom is 0.298 e. The number of amides is 2. The molecule has 0 aromatic heterocycles. The molecule has 0 saturated carbocycles. The van der Waals surface area contributed by atoms with Crippen molar-refractivity contribution < 1.29 is 14.3 Å². The normalized spacial score (nSPS) is 15.1. The van der Waals surface area contributed by atoms with Crippen LogP contribution in [0.4, 0.5) is 10.5 Å². The summed E-state index contributed by atoms with van der Waals surface area (Å²) in [6.45, 7) is 0.331. The summed E-state index contributed by atoms with van der Waals surface area (Å²) in [5.41, 5.74) is 2.13. The van der Waals surface area contributed by atoms with Crippen molar-refractivity contribution in [2.45, 2.75) is 6.61 Å². The summed E-state index contributed by atoms with van der Waals surface area (Å²) in [4.78, 5) is 26.7. The van der Waals surface area contributed by atoms with Crippen molar-refractivity contribution >= 4 is 73.8 Å². The van der Waals surface area contributed by atoms with Crippen LogP contribution in [0.25, 0.3) is 6.08 Å². The Morgan fingerprint density at radius 3 is 2.45 bits per heavy atom. The molecule has 0 spiro atoms. The molecular formula is C23H14BrCl2NO3S. The first-order chi connectivity index (χ1) is 14.9. The molecule has 4 nitrogen and oxygen atoms in total. The number of carbonyl (C=O) groups is 2. The topological polar surface area (TPSA) is 46.6 Å². The van der Waals surface area contributed by atoms with Gasteiger partial charge in [-0.25, -0.2) is 4.90 Å². The van der Waals surface area contributed by atoms with Gasteiger partial charge in [0, 0.05) is 15.6 Å². The van der Waals surface area contributed by atoms with E-state index in [1.165, 1.54) is 0 Å². The van der Waals surface area contributed by atoms with E-state index >= 15 is 0 Å². The van der Waals surface area contributed by atoms with Gasteiger partial charge in [0.1, 0.15) is 12.4 Å². The minimum Gasteiger partial charge on any atom is -0.488 e. The summed E-state index contributed by atoms with van der Waals surface area (Å²) in [6.07, 6.45) is 1.68. The Bertz CT molecular complexity index is 1200. The van der Waals surface area contributed by atoms with Crippen LogP contribution in [0.1, 0.15) is 11.1 Å². The van der Waals surface area contributed by atoms with Crippen LogP contribution in [0.15, 0.2) is 76.1 Å². The third-order valence-corrected chi connectivity index (χ3v) is 6.58. The molecular weight excluding hydrogens is 521 g/mol. The molecule has 1 saturated heterocycles. The molecule has 1 aliphatic heterocycles. The zero-order chi connectivity index (χ0) is 22.0. The van der Waals surface area contributed by atoms with Crippen LogP contribution in [-0.2, 0) is 11.4 Å². The molecule has 1 aliphatic rings. The van der Waals surface area contributed by atoms with E-state index in [1.807, 2.05) is 36.4 Å². The lowest BCUT2D eigenvalue weighted by atomic mass is 10.2. The average Bonchev–Trinajstić information content (AvgIpc) is 3.02. The van der Waals surface area contributed by atoms with Crippen LogP contribution < -0.4 is 9.64 Å². The molecule has 8 heteroatoms. The zero-order valence-electron chi connectivity index (χ0n) is 15.8. The number of hydrogen-bond donors (Lipinski definition) is 0. The Labute approximate surface area is 201 Å². The quantitative estimate of drug-likeness (QED) is 0.316. The number of halogens is 3. The Kier molecular flexibility index (Phi) is 6.72. The predicted molar refractivity (Wildman–Crippen MR) is 130 cm³/mol. The summed E-state index contributed by atoms with van der Waals surface area (Å²) < 4.78 is 6.58. The van der Waals surface area contributed by atoms with E-state index in [9.17, 15) is 9.59 Å². The van der Waals surface area contributed by atoms with Crippen LogP contribution in [0.5, 0.6) is 5.75 Å². The van der Waals surface area contributed by atoms with Gasteiger partial charge in [0.05, 0.1) is 15.1 Å². The largest absolute Gasteiger partial charge is 0.488 e. The van der Waals surface area contributed by atoms with E-state index < -0.39 is 0 Å². The van der Waals surface area contributed by atoms with Gasteiger partial charge in [-0.15, -0.1) is 0 Å². The van der Waals surface area contributed by atoms with E-state index in [4.69, 9.17) is 27.9 Å². The fourth-order valence-corrected chi connectivity index (χ4v) is 4.60. The molecule has 3 aromatic rings. The van der Waals surface area contributed by atoms with Crippen LogP contribution in [0, 0.1) is 0 Å². The molecule has 156 valence electrons. The summed E-state index contributed by atoms with van der Waals surface area (Å²) in [5, 5.41) is 0.831. The van der Waals surface area contributed by atoms with E-state index in [0.717, 1.165) is 32.3 Å². The van der Waals surface area contributed by atoms with E-state index in [0.29, 0.717) is 33.0 Å². The molecule has 31 heavy (non-hydrogen) atoms. The number of rotatable bonds is 5. The van der Waals surface area contributed by atoms with Gasteiger partial charge in [-0.05, 0) is 81.8 Å². The minimum atomic E-state index is -0.368. The van der Waals surface area contributed by atoms with Crippen molar-refractivity contribution in [3.63, 3.8) is 0 Å². The molecule has 4 rings (SSSR count). The van der Waals surface area contributed by atoms with Crippen LogP contribution in [0.3, 0.4) is 0 Å². The van der Waals surface area contributed by atoms with Crippen molar-refractivity contribution in [2.24, 2.45) is 0 Å². The van der Waals surface area contributed by atoms with Gasteiger partial charge in [0.2, 0.25) is 0 Å². The SMILES string of the molecule is O=C1S/C(=C/c2ccc(OCc3ccccc3Cl)c(Br)c2)C(=O)N1c1ccc(Cl)cc1. The Morgan fingerprint density at radius 2 is 1.74 bits per heavy atom. The molecule has 0 radical (unpaired) electrons. The van der Waals surface area contributed by atoms with Gasteiger partial charge in [-0.2, -0.15) is 0 Å². The zero-order valence-corrected chi connectivity index (χ0v) is 19.8. The highest BCUT2D eigenvalue weighted by Gasteiger charge is 2.36. The van der Waals surface area contributed by atoms with Crippen molar-refractivity contribution in [1.82, 2.24) is 0 Å². The lowest BCUT2D eigenvalue weighted by molar-refractivity contribution is -0.113. The van der Waals surface area contributed by atoms with Gasteiger partial charge in [0.15, 0.2) is 0 Å². The van der Waals surface area contributed by atoms with E-state index in [1.54, 1.807) is 36.4 Å². The Hall–Kier alpha value is -2.25. The number of carbonyl (C=O) groups excluding carboxylic acids is 2. The number of thioether (sulfide) groups is 1. The van der Waals surface area contributed by atoms with Crippen LogP contribution in [-0.4, -0.2) is 11.1 Å². The number of anilines is 1. The highest BCUT2D eigenvalue weighted by Crippen LogP contribution is 2.37. The molecule has 1 heterocycles. The van der Waals surface area contributed by atoms with E-state index in [-0.39, 0.29) is 11.1 Å². The first-order valence-electron chi connectivity index (χ1n) is 9.11. The number of nitrogens with zero attached hydrogens (tertiary/aromatic N) is 1. The van der Waals surface area contributed by atoms with Crippen LogP contribution >= 0.6 is 50.9 Å². The average molecular weight is 535 g/mol. The molecule has 0 atom stereocenters. The number of benzene rings is 3. The summed E-state index contributed by atoms with van der Waals surface area (Å²) in [5.74, 6) is 0.277. The second-order valence-corrected chi connectivity index (χ2v) is 9.25. The highest BCUT2D eigenvalue weighted by atomic mass is 79.9. The van der Waals surface area contributed by atoms with Gasteiger partial charge in [-0.1, -0.05) is 47.5 Å². The lowest BCUT2D eigenvalue weighted by Gasteiger charge is -2.12. The van der Waals surface area contributed by atoms with E-state index in [2.05, 4.69) is 15.9 Å². The van der Waals surface area contributed by atoms with Gasteiger partial charge >= 0.3 is 0 Å². The minimum absolute atomic E-state index is 0.331. The van der Waals surface area contributed by atoms with Crippen molar-refractivity contribution in [3.05, 3.63) is 97.3 Å². The number of imide groups is 1. The van der Waals surface area contributed by atoms with Crippen LogP contribution in [0.2, 0.25) is 10.0 Å². The third kappa shape index (κ3) is 4.99. The molecule has 0 aliphatic carbocycles. The second-order valence-electron chi connectivity index (χ2n) is 6.56. The Balaban J connectivity index is 1.50. The second kappa shape index (κ2) is 9.49. The molecule has 0 unspecified atom stereocenters. The smallest absolute Gasteiger partial charge is 0.298 e. The number of hydrogen-bond acceptors (Lipinski definition) is 4. The maximum atomic E-state index is 12.8. The van der Waals surface area contributed by atoms with Crippen molar-refractivity contribution in [2.75, 3.05) is 4.90 Å². The third-order valence-electron chi connectivity index (χ3n) is 4.47. The molecule has 1 fully saturated rings. The van der Waals surface area contributed by atoms with Gasteiger partial charge in [-0.3, -0.25) is 9.59 Å². The molecule has 3 aromatic carbocycles. The highest BCUT2D eigenvalue weighted by molar-refractivity contribution is 9.10. The van der Waals surface area contributed by atoms with Gasteiger partial charge < -0.3 is 4.74 Å².